The van der Waals surface area contributed by atoms with Gasteiger partial charge in [0.2, 0.25) is 0 Å². The second-order valence-electron chi connectivity index (χ2n) is 7.37. The van der Waals surface area contributed by atoms with Crippen LogP contribution in [0.3, 0.4) is 0 Å². The molecule has 3 heterocycles. The monoisotopic (exact) mass is 388 g/mol. The number of hydrogen-bond donors (Lipinski definition) is 3. The van der Waals surface area contributed by atoms with Crippen LogP contribution in [0.1, 0.15) is 10.5 Å². The highest BCUT2D eigenvalue weighted by atomic mass is 16.5. The molecule has 1 aliphatic heterocycles. The van der Waals surface area contributed by atoms with Crippen molar-refractivity contribution in [1.29, 1.82) is 0 Å². The van der Waals surface area contributed by atoms with E-state index in [1.165, 1.54) is 0 Å². The predicted molar refractivity (Wildman–Crippen MR) is 115 cm³/mol. The average Bonchev–Trinajstić information content (AvgIpc) is 3.39. The van der Waals surface area contributed by atoms with E-state index in [-0.39, 0.29) is 5.91 Å². The number of ether oxygens (including phenoxy) is 1. The second-order valence-corrected chi connectivity index (χ2v) is 7.37. The summed E-state index contributed by atoms with van der Waals surface area (Å²) in [5.74, 6) is -0.0722. The molecule has 1 saturated heterocycles. The number of benzene rings is 2. The number of hydrogen-bond acceptors (Lipinski definition) is 3. The smallest absolute Gasteiger partial charge is 0.268 e. The lowest BCUT2D eigenvalue weighted by atomic mass is 9.98. The molecule has 4 aromatic rings. The van der Waals surface area contributed by atoms with Gasteiger partial charge in [-0.2, -0.15) is 0 Å². The van der Waals surface area contributed by atoms with Crippen molar-refractivity contribution in [3.05, 3.63) is 60.4 Å². The molecule has 29 heavy (non-hydrogen) atoms. The first-order valence-corrected chi connectivity index (χ1v) is 10.1. The quantitative estimate of drug-likeness (QED) is 0.491. The van der Waals surface area contributed by atoms with Crippen molar-refractivity contribution in [2.75, 3.05) is 39.4 Å². The molecule has 0 unspecified atom stereocenters. The summed E-state index contributed by atoms with van der Waals surface area (Å²) in [7, 11) is 0. The third-order valence-electron chi connectivity index (χ3n) is 5.61. The van der Waals surface area contributed by atoms with Crippen LogP contribution in [0.5, 0.6) is 0 Å². The normalized spacial score (nSPS) is 15.2. The number of carbonyl (C=O) groups excluding carboxylic acids is 1. The highest BCUT2D eigenvalue weighted by Crippen LogP contribution is 2.36. The molecule has 3 N–H and O–H groups in total. The van der Waals surface area contributed by atoms with E-state index in [9.17, 15) is 4.79 Å². The van der Waals surface area contributed by atoms with E-state index in [4.69, 9.17) is 4.74 Å². The van der Waals surface area contributed by atoms with E-state index in [2.05, 4.69) is 44.5 Å². The van der Waals surface area contributed by atoms with Crippen LogP contribution in [0.4, 0.5) is 0 Å². The second kappa shape index (κ2) is 7.73. The maximum atomic E-state index is 13.1. The summed E-state index contributed by atoms with van der Waals surface area (Å²) in [6, 6.07) is 16.3. The molecule has 2 aromatic heterocycles. The van der Waals surface area contributed by atoms with E-state index in [1.54, 1.807) is 0 Å². The van der Waals surface area contributed by atoms with Crippen LogP contribution in [0.15, 0.2) is 54.7 Å². The predicted octanol–water partition coefficient (Wildman–Crippen LogP) is 3.38. The van der Waals surface area contributed by atoms with Gasteiger partial charge in [-0.05, 0) is 23.8 Å². The molecule has 0 aliphatic carbocycles. The fourth-order valence-corrected chi connectivity index (χ4v) is 4.14. The molecule has 0 spiro atoms. The number of morpholine rings is 1. The van der Waals surface area contributed by atoms with Crippen LogP contribution in [0, 0.1) is 0 Å². The van der Waals surface area contributed by atoms with Gasteiger partial charge in [0.15, 0.2) is 0 Å². The third kappa shape index (κ3) is 3.41. The Morgan fingerprint density at radius 2 is 1.83 bits per heavy atom. The van der Waals surface area contributed by atoms with E-state index < -0.39 is 0 Å². The largest absolute Gasteiger partial charge is 0.379 e. The Bertz CT molecular complexity index is 1150. The van der Waals surface area contributed by atoms with E-state index in [1.807, 2.05) is 30.5 Å². The summed E-state index contributed by atoms with van der Waals surface area (Å²) in [4.78, 5) is 22.1. The highest BCUT2D eigenvalue weighted by Gasteiger charge is 2.21. The minimum atomic E-state index is -0.0722. The number of amides is 1. The summed E-state index contributed by atoms with van der Waals surface area (Å²) in [5, 5.41) is 5.26. The van der Waals surface area contributed by atoms with Gasteiger partial charge < -0.3 is 20.0 Å². The summed E-state index contributed by atoms with van der Waals surface area (Å²) in [6.45, 7) is 4.81. The molecule has 0 radical (unpaired) electrons. The fourth-order valence-electron chi connectivity index (χ4n) is 4.14. The Morgan fingerprint density at radius 3 is 2.72 bits per heavy atom. The van der Waals surface area contributed by atoms with Gasteiger partial charge in [-0.15, -0.1) is 0 Å². The van der Waals surface area contributed by atoms with Gasteiger partial charge >= 0.3 is 0 Å². The van der Waals surface area contributed by atoms with Crippen molar-refractivity contribution in [2.24, 2.45) is 0 Å². The molecule has 0 saturated carbocycles. The Balaban J connectivity index is 1.48. The minimum Gasteiger partial charge on any atom is -0.379 e. The molecular weight excluding hydrogens is 364 g/mol. The van der Waals surface area contributed by atoms with Crippen molar-refractivity contribution in [3.63, 3.8) is 0 Å². The van der Waals surface area contributed by atoms with Gasteiger partial charge in [0, 0.05) is 59.7 Å². The molecule has 5 rings (SSSR count). The Labute approximate surface area is 168 Å². The molecule has 1 fully saturated rings. The maximum absolute atomic E-state index is 13.1. The zero-order valence-corrected chi connectivity index (χ0v) is 16.2. The number of para-hydroxylation sites is 1. The number of aromatic amines is 2. The van der Waals surface area contributed by atoms with Gasteiger partial charge in [-0.3, -0.25) is 9.69 Å². The van der Waals surface area contributed by atoms with Crippen LogP contribution in [-0.2, 0) is 4.74 Å². The molecule has 1 amide bonds. The number of aromatic nitrogens is 2. The van der Waals surface area contributed by atoms with E-state index >= 15 is 0 Å². The topological polar surface area (TPSA) is 73.2 Å². The number of carbonyl (C=O) groups is 1. The van der Waals surface area contributed by atoms with Crippen LogP contribution < -0.4 is 5.32 Å². The maximum Gasteiger partial charge on any atom is 0.268 e. The lowest BCUT2D eigenvalue weighted by Crippen LogP contribution is -2.41. The number of rotatable bonds is 5. The van der Waals surface area contributed by atoms with Crippen LogP contribution in [0.2, 0.25) is 0 Å². The number of H-pyrrole nitrogens is 2. The Morgan fingerprint density at radius 1 is 1.00 bits per heavy atom. The third-order valence-corrected chi connectivity index (χ3v) is 5.61. The van der Waals surface area contributed by atoms with Gasteiger partial charge in [-0.1, -0.05) is 30.3 Å². The fraction of sp³-hybridized carbons (Fsp3) is 0.261. The SMILES string of the molecule is O=C(NCCN1CCOCC1)c1[nH]c2ccccc2c1-c1cccc2[nH]ccc12. The van der Waals surface area contributed by atoms with Gasteiger partial charge in [0.25, 0.3) is 5.91 Å². The minimum absolute atomic E-state index is 0.0722. The van der Waals surface area contributed by atoms with Crippen molar-refractivity contribution in [1.82, 2.24) is 20.2 Å². The lowest BCUT2D eigenvalue weighted by molar-refractivity contribution is 0.0383. The van der Waals surface area contributed by atoms with Crippen LogP contribution in [0.25, 0.3) is 32.9 Å². The summed E-state index contributed by atoms with van der Waals surface area (Å²) >= 11 is 0. The molecule has 6 nitrogen and oxygen atoms in total. The van der Waals surface area contributed by atoms with E-state index in [0.29, 0.717) is 12.2 Å². The van der Waals surface area contributed by atoms with Gasteiger partial charge in [0.1, 0.15) is 5.69 Å². The highest BCUT2D eigenvalue weighted by molar-refractivity contribution is 6.13. The Hall–Kier alpha value is -3.09. The van der Waals surface area contributed by atoms with Crippen molar-refractivity contribution >= 4 is 27.7 Å². The summed E-state index contributed by atoms with van der Waals surface area (Å²) in [5.41, 5.74) is 4.65. The van der Waals surface area contributed by atoms with Crippen molar-refractivity contribution in [3.8, 4) is 11.1 Å². The van der Waals surface area contributed by atoms with Crippen LogP contribution in [-0.4, -0.2) is 60.2 Å². The Kier molecular flexibility index (Phi) is 4.79. The summed E-state index contributed by atoms with van der Waals surface area (Å²) in [6.07, 6.45) is 1.94. The molecule has 6 heteroatoms. The van der Waals surface area contributed by atoms with E-state index in [0.717, 1.165) is 65.8 Å². The average molecular weight is 388 g/mol. The van der Waals surface area contributed by atoms with Crippen LogP contribution >= 0.6 is 0 Å². The number of nitrogens with zero attached hydrogens (tertiary/aromatic N) is 1. The molecule has 0 atom stereocenters. The molecule has 2 aromatic carbocycles. The molecule has 1 aliphatic rings. The zero-order valence-electron chi connectivity index (χ0n) is 16.2. The number of nitrogens with one attached hydrogen (secondary N) is 3. The standard InChI is InChI=1S/C23H24N4O2/c28-23(25-10-11-27-12-14-29-15-13-27)22-21(18-4-1-2-6-20(18)26-22)17-5-3-7-19-16(17)8-9-24-19/h1-9,24,26H,10-15H2,(H,25,28). The van der Waals surface area contributed by atoms with Crippen molar-refractivity contribution in [2.45, 2.75) is 0 Å². The van der Waals surface area contributed by atoms with Gasteiger partial charge in [0.05, 0.1) is 13.2 Å². The van der Waals surface area contributed by atoms with Crippen molar-refractivity contribution < 1.29 is 9.53 Å². The first-order valence-electron chi connectivity index (χ1n) is 10.1. The first kappa shape index (κ1) is 18.0. The van der Waals surface area contributed by atoms with Gasteiger partial charge in [-0.25, -0.2) is 0 Å². The lowest BCUT2D eigenvalue weighted by Gasteiger charge is -2.26. The first-order chi connectivity index (χ1) is 14.3. The molecule has 148 valence electrons. The molecule has 0 bridgehead atoms. The zero-order chi connectivity index (χ0) is 19.6. The number of fused-ring (bicyclic) bond motifs is 2. The summed E-state index contributed by atoms with van der Waals surface area (Å²) < 4.78 is 5.39. The molecular formula is C23H24N4O2.